The zero-order valence-electron chi connectivity index (χ0n) is 7.77. The van der Waals surface area contributed by atoms with E-state index in [2.05, 4.69) is 19.3 Å². The number of nitrogens with two attached hydrogens (primary N) is 1. The summed E-state index contributed by atoms with van der Waals surface area (Å²) in [6.07, 6.45) is 0.857. The van der Waals surface area contributed by atoms with Gasteiger partial charge in [-0.05, 0) is 12.3 Å². The highest BCUT2D eigenvalue weighted by Crippen LogP contribution is 2.24. The number of hydrazine groups is 1. The number of amides is 1. The molecule has 0 aromatic rings. The second kappa shape index (κ2) is 3.72. The van der Waals surface area contributed by atoms with Crippen molar-refractivity contribution in [3.8, 4) is 0 Å². The monoisotopic (exact) mass is 158 g/mol. The highest BCUT2D eigenvalue weighted by Gasteiger charge is 2.27. The van der Waals surface area contributed by atoms with Crippen LogP contribution in [0, 0.1) is 11.3 Å². The van der Waals surface area contributed by atoms with Crippen molar-refractivity contribution in [2.24, 2.45) is 17.2 Å². The summed E-state index contributed by atoms with van der Waals surface area (Å²) in [5, 5.41) is 0. The van der Waals surface area contributed by atoms with Crippen molar-refractivity contribution in [2.45, 2.75) is 34.1 Å². The Kier molecular flexibility index (Phi) is 3.52. The van der Waals surface area contributed by atoms with Crippen molar-refractivity contribution in [1.29, 1.82) is 0 Å². The molecule has 0 aliphatic carbocycles. The van der Waals surface area contributed by atoms with Gasteiger partial charge in [-0.25, -0.2) is 5.84 Å². The van der Waals surface area contributed by atoms with E-state index in [0.717, 1.165) is 6.42 Å². The van der Waals surface area contributed by atoms with Gasteiger partial charge >= 0.3 is 0 Å². The minimum absolute atomic E-state index is 0.0915. The standard InChI is InChI=1S/C8H18N2O/c1-6(2)5-8(3,4)7(11)10-9/h6H,5,9H2,1-4H3,(H,10,11). The van der Waals surface area contributed by atoms with Gasteiger partial charge in [-0.15, -0.1) is 0 Å². The van der Waals surface area contributed by atoms with Gasteiger partial charge in [0.25, 0.3) is 0 Å². The second-order valence-corrected chi connectivity index (χ2v) is 3.96. The number of hydrogen-bond acceptors (Lipinski definition) is 2. The van der Waals surface area contributed by atoms with E-state index in [1.807, 2.05) is 13.8 Å². The molecule has 0 bridgehead atoms. The minimum Gasteiger partial charge on any atom is -0.294 e. The fourth-order valence-corrected chi connectivity index (χ4v) is 1.31. The Labute approximate surface area is 68.3 Å². The van der Waals surface area contributed by atoms with Gasteiger partial charge in [-0.1, -0.05) is 27.7 Å². The Morgan fingerprint density at radius 2 is 2.00 bits per heavy atom. The first-order valence-electron chi connectivity index (χ1n) is 3.91. The average Bonchev–Trinajstić information content (AvgIpc) is 1.83. The van der Waals surface area contributed by atoms with Gasteiger partial charge in [0.2, 0.25) is 5.91 Å². The molecule has 0 atom stereocenters. The summed E-state index contributed by atoms with van der Waals surface area (Å²) in [5.74, 6) is 5.46. The molecule has 0 aromatic heterocycles. The fourth-order valence-electron chi connectivity index (χ4n) is 1.31. The van der Waals surface area contributed by atoms with Crippen LogP contribution >= 0.6 is 0 Å². The van der Waals surface area contributed by atoms with E-state index >= 15 is 0 Å². The maximum atomic E-state index is 11.1. The Morgan fingerprint density at radius 3 is 2.27 bits per heavy atom. The van der Waals surface area contributed by atoms with Crippen LogP contribution in [0.15, 0.2) is 0 Å². The Morgan fingerprint density at radius 1 is 1.55 bits per heavy atom. The van der Waals surface area contributed by atoms with E-state index in [9.17, 15) is 4.79 Å². The Balaban J connectivity index is 4.09. The van der Waals surface area contributed by atoms with Crippen molar-refractivity contribution in [3.63, 3.8) is 0 Å². The third kappa shape index (κ3) is 3.37. The van der Waals surface area contributed by atoms with E-state index in [1.165, 1.54) is 0 Å². The molecule has 0 rings (SSSR count). The minimum atomic E-state index is -0.344. The largest absolute Gasteiger partial charge is 0.294 e. The number of rotatable bonds is 3. The predicted molar refractivity (Wildman–Crippen MR) is 45.6 cm³/mol. The maximum Gasteiger partial charge on any atom is 0.239 e. The summed E-state index contributed by atoms with van der Waals surface area (Å²) in [5.41, 5.74) is 1.83. The molecule has 66 valence electrons. The summed E-state index contributed by atoms with van der Waals surface area (Å²) in [7, 11) is 0. The van der Waals surface area contributed by atoms with E-state index in [4.69, 9.17) is 5.84 Å². The first kappa shape index (κ1) is 10.4. The summed E-state index contributed by atoms with van der Waals surface area (Å²) < 4.78 is 0. The Hall–Kier alpha value is -0.570. The van der Waals surface area contributed by atoms with Gasteiger partial charge < -0.3 is 0 Å². The molecule has 0 saturated carbocycles. The quantitative estimate of drug-likeness (QED) is 0.366. The van der Waals surface area contributed by atoms with Crippen LogP contribution in [0.4, 0.5) is 0 Å². The molecule has 0 aliphatic rings. The van der Waals surface area contributed by atoms with Crippen LogP contribution in [-0.4, -0.2) is 5.91 Å². The highest BCUT2D eigenvalue weighted by molar-refractivity contribution is 5.81. The normalized spacial score (nSPS) is 11.8. The van der Waals surface area contributed by atoms with Crippen LogP contribution in [0.1, 0.15) is 34.1 Å². The van der Waals surface area contributed by atoms with E-state index in [-0.39, 0.29) is 11.3 Å². The van der Waals surface area contributed by atoms with Gasteiger partial charge in [0.15, 0.2) is 0 Å². The van der Waals surface area contributed by atoms with Crippen molar-refractivity contribution >= 4 is 5.91 Å². The topological polar surface area (TPSA) is 55.1 Å². The molecule has 3 heteroatoms. The van der Waals surface area contributed by atoms with Gasteiger partial charge in [0, 0.05) is 5.41 Å². The van der Waals surface area contributed by atoms with Crippen LogP contribution in [0.2, 0.25) is 0 Å². The molecule has 3 N–H and O–H groups in total. The predicted octanol–water partition coefficient (Wildman–Crippen LogP) is 1.05. The molecule has 0 aromatic carbocycles. The second-order valence-electron chi connectivity index (χ2n) is 3.96. The van der Waals surface area contributed by atoms with Crippen molar-refractivity contribution < 1.29 is 4.79 Å². The number of nitrogens with one attached hydrogen (secondary N) is 1. The molecular formula is C8H18N2O. The molecule has 0 heterocycles. The van der Waals surface area contributed by atoms with Gasteiger partial charge in [0.1, 0.15) is 0 Å². The molecule has 1 amide bonds. The maximum absolute atomic E-state index is 11.1. The summed E-state index contributed by atoms with van der Waals surface area (Å²) in [6, 6.07) is 0. The highest BCUT2D eigenvalue weighted by atomic mass is 16.2. The third-order valence-corrected chi connectivity index (χ3v) is 1.66. The van der Waals surface area contributed by atoms with Crippen LogP contribution in [-0.2, 0) is 4.79 Å². The molecule has 0 fully saturated rings. The Bertz CT molecular complexity index is 141. The van der Waals surface area contributed by atoms with Gasteiger partial charge in [0.05, 0.1) is 0 Å². The summed E-state index contributed by atoms with van der Waals surface area (Å²) >= 11 is 0. The first-order valence-corrected chi connectivity index (χ1v) is 3.91. The first-order chi connectivity index (χ1) is 4.90. The number of carbonyl (C=O) groups is 1. The fraction of sp³-hybridized carbons (Fsp3) is 0.875. The van der Waals surface area contributed by atoms with Crippen molar-refractivity contribution in [3.05, 3.63) is 0 Å². The zero-order chi connectivity index (χ0) is 9.07. The summed E-state index contributed by atoms with van der Waals surface area (Å²) in [4.78, 5) is 11.1. The molecule has 3 nitrogen and oxygen atoms in total. The zero-order valence-corrected chi connectivity index (χ0v) is 7.77. The molecule has 11 heavy (non-hydrogen) atoms. The number of hydrogen-bond donors (Lipinski definition) is 2. The van der Waals surface area contributed by atoms with E-state index in [1.54, 1.807) is 0 Å². The van der Waals surface area contributed by atoms with E-state index < -0.39 is 0 Å². The summed E-state index contributed by atoms with van der Waals surface area (Å²) in [6.45, 7) is 7.97. The molecule has 0 aliphatic heterocycles. The van der Waals surface area contributed by atoms with Crippen LogP contribution in [0.5, 0.6) is 0 Å². The van der Waals surface area contributed by atoms with Crippen LogP contribution in [0.25, 0.3) is 0 Å². The molecule has 0 radical (unpaired) electrons. The van der Waals surface area contributed by atoms with E-state index in [0.29, 0.717) is 5.92 Å². The third-order valence-electron chi connectivity index (χ3n) is 1.66. The lowest BCUT2D eigenvalue weighted by Gasteiger charge is -2.23. The average molecular weight is 158 g/mol. The van der Waals surface area contributed by atoms with Gasteiger partial charge in [-0.3, -0.25) is 10.2 Å². The van der Waals surface area contributed by atoms with Gasteiger partial charge in [-0.2, -0.15) is 0 Å². The molecule has 0 spiro atoms. The van der Waals surface area contributed by atoms with Crippen LogP contribution < -0.4 is 11.3 Å². The SMILES string of the molecule is CC(C)CC(C)(C)C(=O)NN. The lowest BCUT2D eigenvalue weighted by molar-refractivity contribution is -0.130. The van der Waals surface area contributed by atoms with Crippen molar-refractivity contribution in [2.75, 3.05) is 0 Å². The number of carbonyl (C=O) groups excluding carboxylic acids is 1. The lowest BCUT2D eigenvalue weighted by Crippen LogP contribution is -2.41. The smallest absolute Gasteiger partial charge is 0.239 e. The lowest BCUT2D eigenvalue weighted by atomic mass is 9.83. The van der Waals surface area contributed by atoms with Crippen LogP contribution in [0.3, 0.4) is 0 Å². The van der Waals surface area contributed by atoms with Crippen molar-refractivity contribution in [1.82, 2.24) is 5.43 Å². The molecule has 0 unspecified atom stereocenters. The molecule has 0 saturated heterocycles. The molecular weight excluding hydrogens is 140 g/mol.